The fourth-order valence-electron chi connectivity index (χ4n) is 1.94. The van der Waals surface area contributed by atoms with Crippen LogP contribution in [-0.2, 0) is 11.3 Å². The second kappa shape index (κ2) is 5.99. The van der Waals surface area contributed by atoms with Crippen LogP contribution < -0.4 is 11.3 Å². The maximum atomic E-state index is 11.6. The van der Waals surface area contributed by atoms with Gasteiger partial charge in [0.1, 0.15) is 6.10 Å². The van der Waals surface area contributed by atoms with Crippen molar-refractivity contribution in [3.05, 3.63) is 16.7 Å². The van der Waals surface area contributed by atoms with Crippen LogP contribution >= 0.6 is 0 Å². The Hall–Kier alpha value is -1.97. The van der Waals surface area contributed by atoms with E-state index in [4.69, 9.17) is 15.6 Å². The number of ether oxygens (including phenoxy) is 1. The number of nitrogen functional groups attached to an aromatic ring is 1. The molecule has 0 radical (unpaired) electrons. The van der Waals surface area contributed by atoms with Crippen molar-refractivity contribution in [1.82, 2.24) is 19.5 Å². The van der Waals surface area contributed by atoms with Crippen LogP contribution in [0.25, 0.3) is 11.2 Å². The molecule has 2 atom stereocenters. The summed E-state index contributed by atoms with van der Waals surface area (Å²) in [7, 11) is 1.42. The number of fused-ring (bicyclic) bond motifs is 1. The molecule has 0 aliphatic carbocycles. The van der Waals surface area contributed by atoms with Gasteiger partial charge in [-0.25, -0.2) is 4.98 Å². The third kappa shape index (κ3) is 2.79. The van der Waals surface area contributed by atoms with Gasteiger partial charge in [0.15, 0.2) is 11.2 Å². The van der Waals surface area contributed by atoms with Crippen LogP contribution in [0, 0.1) is 0 Å². The van der Waals surface area contributed by atoms with Crippen molar-refractivity contribution in [2.45, 2.75) is 25.2 Å². The van der Waals surface area contributed by atoms with Crippen LogP contribution in [0.3, 0.4) is 0 Å². The lowest BCUT2D eigenvalue weighted by molar-refractivity contribution is -0.0451. The van der Waals surface area contributed by atoms with E-state index in [0.717, 1.165) is 0 Å². The first kappa shape index (κ1) is 14.4. The lowest BCUT2D eigenvalue weighted by atomic mass is 10.1. The molecule has 0 aliphatic rings. The molecule has 0 amide bonds. The zero-order valence-corrected chi connectivity index (χ0v) is 11.0. The number of aromatic amines is 1. The number of anilines is 1. The van der Waals surface area contributed by atoms with Crippen LogP contribution in [0.4, 0.5) is 5.95 Å². The molecule has 2 aromatic rings. The predicted molar refractivity (Wildman–Crippen MR) is 71.1 cm³/mol. The van der Waals surface area contributed by atoms with Crippen molar-refractivity contribution in [1.29, 1.82) is 0 Å². The number of aryl methyl sites for hydroxylation is 1. The first-order valence-corrected chi connectivity index (χ1v) is 6.09. The van der Waals surface area contributed by atoms with Gasteiger partial charge in [0.05, 0.1) is 19.0 Å². The highest BCUT2D eigenvalue weighted by molar-refractivity contribution is 5.70. The number of hydrogen-bond acceptors (Lipinski definition) is 7. The number of H-pyrrole nitrogens is 1. The second-order valence-electron chi connectivity index (χ2n) is 4.37. The molecular formula is C11H17N5O4. The SMILES string of the molecule is COC(CO)C(O)CCn1cnc2c(=O)[nH]c(N)nc21. The summed E-state index contributed by atoms with van der Waals surface area (Å²) in [5.74, 6) is 0.00919. The minimum atomic E-state index is -0.832. The van der Waals surface area contributed by atoms with E-state index in [1.165, 1.54) is 13.4 Å². The van der Waals surface area contributed by atoms with Gasteiger partial charge in [0.25, 0.3) is 5.56 Å². The topological polar surface area (TPSA) is 139 Å². The van der Waals surface area contributed by atoms with Crippen molar-refractivity contribution in [2.75, 3.05) is 19.5 Å². The fraction of sp³-hybridized carbons (Fsp3) is 0.545. The number of rotatable bonds is 6. The Bertz CT molecular complexity index is 633. The van der Waals surface area contributed by atoms with Crippen molar-refractivity contribution >= 4 is 17.1 Å². The largest absolute Gasteiger partial charge is 0.394 e. The molecule has 0 aromatic carbocycles. The number of hydrogen-bond donors (Lipinski definition) is 4. The summed E-state index contributed by atoms with van der Waals surface area (Å²) in [5.41, 5.74) is 5.64. The zero-order chi connectivity index (χ0) is 14.7. The Morgan fingerprint density at radius 1 is 1.60 bits per heavy atom. The number of methoxy groups -OCH3 is 1. The monoisotopic (exact) mass is 283 g/mol. The highest BCUT2D eigenvalue weighted by Gasteiger charge is 2.18. The first-order chi connectivity index (χ1) is 9.56. The Morgan fingerprint density at radius 3 is 3.00 bits per heavy atom. The van der Waals surface area contributed by atoms with E-state index in [-0.39, 0.29) is 18.1 Å². The minimum Gasteiger partial charge on any atom is -0.394 e. The Balaban J connectivity index is 2.17. The molecule has 2 aromatic heterocycles. The molecule has 2 rings (SSSR count). The Kier molecular flexibility index (Phi) is 4.32. The summed E-state index contributed by atoms with van der Waals surface area (Å²) >= 11 is 0. The first-order valence-electron chi connectivity index (χ1n) is 6.09. The quantitative estimate of drug-likeness (QED) is 0.503. The van der Waals surface area contributed by atoms with E-state index in [2.05, 4.69) is 15.0 Å². The van der Waals surface area contributed by atoms with Crippen LogP contribution in [-0.4, -0.2) is 55.7 Å². The lowest BCUT2D eigenvalue weighted by Gasteiger charge is -2.19. The summed E-state index contributed by atoms with van der Waals surface area (Å²) in [5, 5.41) is 18.9. The van der Waals surface area contributed by atoms with Gasteiger partial charge >= 0.3 is 0 Å². The van der Waals surface area contributed by atoms with Gasteiger partial charge in [-0.2, -0.15) is 4.98 Å². The molecule has 9 nitrogen and oxygen atoms in total. The lowest BCUT2D eigenvalue weighted by Crippen LogP contribution is -2.32. The van der Waals surface area contributed by atoms with Crippen LogP contribution in [0.1, 0.15) is 6.42 Å². The van der Waals surface area contributed by atoms with E-state index in [1.54, 1.807) is 4.57 Å². The highest BCUT2D eigenvalue weighted by Crippen LogP contribution is 2.10. The Morgan fingerprint density at radius 2 is 2.35 bits per heavy atom. The highest BCUT2D eigenvalue weighted by atomic mass is 16.5. The number of aliphatic hydroxyl groups is 2. The van der Waals surface area contributed by atoms with Gasteiger partial charge in [-0.05, 0) is 6.42 Å². The van der Waals surface area contributed by atoms with Crippen molar-refractivity contribution < 1.29 is 14.9 Å². The molecule has 0 spiro atoms. The van der Waals surface area contributed by atoms with Crippen molar-refractivity contribution in [3.63, 3.8) is 0 Å². The second-order valence-corrected chi connectivity index (χ2v) is 4.37. The maximum absolute atomic E-state index is 11.6. The van der Waals surface area contributed by atoms with Crippen LogP contribution in [0.2, 0.25) is 0 Å². The van der Waals surface area contributed by atoms with Gasteiger partial charge in [-0.1, -0.05) is 0 Å². The normalized spacial score (nSPS) is 14.6. The summed E-state index contributed by atoms with van der Waals surface area (Å²) in [6, 6.07) is 0. The molecule has 0 fully saturated rings. The molecule has 5 N–H and O–H groups in total. The number of nitrogens with two attached hydrogens (primary N) is 1. The third-order valence-corrected chi connectivity index (χ3v) is 3.07. The molecule has 2 heterocycles. The average molecular weight is 283 g/mol. The average Bonchev–Trinajstić information content (AvgIpc) is 2.81. The molecule has 0 saturated carbocycles. The zero-order valence-electron chi connectivity index (χ0n) is 11.0. The molecule has 0 aliphatic heterocycles. The number of nitrogens with one attached hydrogen (secondary N) is 1. The van der Waals surface area contributed by atoms with E-state index >= 15 is 0 Å². The van der Waals surface area contributed by atoms with Crippen LogP contribution in [0.15, 0.2) is 11.1 Å². The number of aromatic nitrogens is 4. The van der Waals surface area contributed by atoms with Gasteiger partial charge in [-0.3, -0.25) is 9.78 Å². The number of imidazole rings is 1. The van der Waals surface area contributed by atoms with Gasteiger partial charge in [-0.15, -0.1) is 0 Å². The van der Waals surface area contributed by atoms with E-state index in [9.17, 15) is 9.90 Å². The molecule has 9 heteroatoms. The smallest absolute Gasteiger partial charge is 0.280 e. The fourth-order valence-corrected chi connectivity index (χ4v) is 1.94. The van der Waals surface area contributed by atoms with Gasteiger partial charge in [0, 0.05) is 13.7 Å². The van der Waals surface area contributed by atoms with Crippen LogP contribution in [0.5, 0.6) is 0 Å². The van der Waals surface area contributed by atoms with E-state index in [1.807, 2.05) is 0 Å². The van der Waals surface area contributed by atoms with Gasteiger partial charge in [0.2, 0.25) is 5.95 Å². The van der Waals surface area contributed by atoms with E-state index in [0.29, 0.717) is 18.6 Å². The molecule has 110 valence electrons. The summed E-state index contributed by atoms with van der Waals surface area (Å²) in [6.45, 7) is 0.0978. The summed E-state index contributed by atoms with van der Waals surface area (Å²) in [4.78, 5) is 21.9. The molecule has 0 saturated heterocycles. The summed E-state index contributed by atoms with van der Waals surface area (Å²) < 4.78 is 6.56. The maximum Gasteiger partial charge on any atom is 0.280 e. The van der Waals surface area contributed by atoms with Crippen molar-refractivity contribution in [3.8, 4) is 0 Å². The van der Waals surface area contributed by atoms with E-state index < -0.39 is 17.8 Å². The number of aliphatic hydroxyl groups excluding tert-OH is 2. The predicted octanol–water partition coefficient (Wildman–Crippen LogP) is -1.54. The molecule has 0 bridgehead atoms. The van der Waals surface area contributed by atoms with Gasteiger partial charge < -0.3 is 25.3 Å². The molecule has 2 unspecified atom stereocenters. The Labute approximate surface area is 114 Å². The molecular weight excluding hydrogens is 266 g/mol. The minimum absolute atomic E-state index is 0.00919. The molecule has 20 heavy (non-hydrogen) atoms. The standard InChI is InChI=1S/C11H17N5O4/c1-20-7(4-17)6(18)2-3-16-5-13-8-9(16)14-11(12)15-10(8)19/h5-7,17-18H,2-4H2,1H3,(H3,12,14,15,19). The summed E-state index contributed by atoms with van der Waals surface area (Å²) in [6.07, 6.45) is 0.298. The third-order valence-electron chi connectivity index (χ3n) is 3.07. The van der Waals surface area contributed by atoms with Crippen molar-refractivity contribution in [2.24, 2.45) is 0 Å². The number of nitrogens with zero attached hydrogens (tertiary/aromatic N) is 3.